The van der Waals surface area contributed by atoms with Gasteiger partial charge in [-0.05, 0) is 54.7 Å². The number of rotatable bonds is 8. The van der Waals surface area contributed by atoms with Crippen LogP contribution in [0.3, 0.4) is 0 Å². The van der Waals surface area contributed by atoms with Crippen LogP contribution >= 0.6 is 0 Å². The molecule has 0 saturated heterocycles. The lowest BCUT2D eigenvalue weighted by Gasteiger charge is -2.31. The van der Waals surface area contributed by atoms with E-state index in [4.69, 9.17) is 14.5 Å². The molecular weight excluding hydrogens is 448 g/mol. The number of hydrogen-bond acceptors (Lipinski definition) is 5. The van der Waals surface area contributed by atoms with E-state index in [1.54, 1.807) is 6.92 Å². The van der Waals surface area contributed by atoms with E-state index in [2.05, 4.69) is 65.6 Å². The second-order valence-electron chi connectivity index (χ2n) is 8.87. The van der Waals surface area contributed by atoms with Gasteiger partial charge in [-0.25, -0.2) is 9.78 Å². The van der Waals surface area contributed by atoms with Crippen molar-refractivity contribution >= 4 is 11.8 Å². The van der Waals surface area contributed by atoms with E-state index >= 15 is 0 Å². The van der Waals surface area contributed by atoms with Crippen LogP contribution in [0.1, 0.15) is 24.5 Å². The normalized spacial score (nSPS) is 12.6. The van der Waals surface area contributed by atoms with Crippen molar-refractivity contribution in [2.45, 2.75) is 26.3 Å². The fraction of sp³-hybridized carbons (Fsp3) is 0.226. The summed E-state index contributed by atoms with van der Waals surface area (Å²) >= 11 is 0. The lowest BCUT2D eigenvalue weighted by Crippen LogP contribution is -2.30. The molecule has 0 saturated carbocycles. The molecular formula is C31H30N2O3. The highest BCUT2D eigenvalue weighted by Gasteiger charge is 2.22. The first-order valence-corrected chi connectivity index (χ1v) is 12.5. The number of aromatic nitrogens is 1. The van der Waals surface area contributed by atoms with Gasteiger partial charge in [0.15, 0.2) is 6.61 Å². The second-order valence-corrected chi connectivity index (χ2v) is 8.87. The van der Waals surface area contributed by atoms with Crippen LogP contribution in [-0.2, 0) is 22.5 Å². The molecule has 1 aromatic heterocycles. The molecule has 0 radical (unpaired) electrons. The van der Waals surface area contributed by atoms with Gasteiger partial charge in [-0.15, -0.1) is 0 Å². The molecule has 5 rings (SSSR count). The summed E-state index contributed by atoms with van der Waals surface area (Å²) in [4.78, 5) is 19.3. The smallest absolute Gasteiger partial charge is 0.344 e. The topological polar surface area (TPSA) is 51.7 Å². The van der Waals surface area contributed by atoms with Gasteiger partial charge in [0.05, 0.1) is 12.3 Å². The van der Waals surface area contributed by atoms with Crippen LogP contribution < -0.4 is 9.64 Å². The molecule has 182 valence electrons. The maximum absolute atomic E-state index is 11.7. The maximum atomic E-state index is 11.7. The number of aryl methyl sites for hydroxylation is 1. The Morgan fingerprint density at radius 1 is 0.917 bits per heavy atom. The standard InChI is InChI=1S/C31H30N2O3/c1-2-35-29(34)22-36-27-17-9-11-23(19-27)21-33-18-10-16-26-20-28(24-12-5-3-6-13-24)30(32-31(26)33)25-14-7-4-8-15-25/h3-9,11-15,17,19-20H,2,10,16,18,21-22H2,1H3. The summed E-state index contributed by atoms with van der Waals surface area (Å²) in [6.07, 6.45) is 2.09. The summed E-state index contributed by atoms with van der Waals surface area (Å²) in [5.41, 5.74) is 6.83. The number of fused-ring (bicyclic) bond motifs is 1. The Bertz CT molecular complexity index is 1320. The number of esters is 1. The molecule has 2 heterocycles. The van der Waals surface area contributed by atoms with E-state index in [-0.39, 0.29) is 12.6 Å². The number of anilines is 1. The number of pyridine rings is 1. The molecule has 0 unspecified atom stereocenters. The predicted molar refractivity (Wildman–Crippen MR) is 143 cm³/mol. The summed E-state index contributed by atoms with van der Waals surface area (Å²) < 4.78 is 10.6. The molecule has 1 aliphatic heterocycles. The highest BCUT2D eigenvalue weighted by atomic mass is 16.6. The number of benzene rings is 3. The molecule has 4 aromatic rings. The first-order valence-electron chi connectivity index (χ1n) is 12.5. The van der Waals surface area contributed by atoms with E-state index in [1.165, 1.54) is 11.1 Å². The number of carbonyl (C=O) groups excluding carboxylic acids is 1. The van der Waals surface area contributed by atoms with Crippen LogP contribution in [0.4, 0.5) is 5.82 Å². The molecule has 0 spiro atoms. The van der Waals surface area contributed by atoms with Crippen LogP contribution in [-0.4, -0.2) is 30.7 Å². The first kappa shape index (κ1) is 23.6. The molecule has 1 aliphatic rings. The molecule has 5 heteroatoms. The fourth-order valence-electron chi connectivity index (χ4n) is 4.68. The molecule has 0 amide bonds. The van der Waals surface area contributed by atoms with Crippen molar-refractivity contribution < 1.29 is 14.3 Å². The number of ether oxygens (including phenoxy) is 2. The Morgan fingerprint density at radius 3 is 2.42 bits per heavy atom. The lowest BCUT2D eigenvalue weighted by molar-refractivity contribution is -0.145. The van der Waals surface area contributed by atoms with Gasteiger partial charge >= 0.3 is 5.97 Å². The minimum Gasteiger partial charge on any atom is -0.482 e. The quantitative estimate of drug-likeness (QED) is 0.278. The largest absolute Gasteiger partial charge is 0.482 e. The molecule has 3 aromatic carbocycles. The third-order valence-corrected chi connectivity index (χ3v) is 6.32. The van der Waals surface area contributed by atoms with Crippen LogP contribution in [0.5, 0.6) is 5.75 Å². The van der Waals surface area contributed by atoms with Gasteiger partial charge in [-0.1, -0.05) is 72.8 Å². The average molecular weight is 479 g/mol. The third-order valence-electron chi connectivity index (χ3n) is 6.32. The highest BCUT2D eigenvalue weighted by Crippen LogP contribution is 2.37. The van der Waals surface area contributed by atoms with Crippen molar-refractivity contribution in [1.82, 2.24) is 4.98 Å². The number of hydrogen-bond donors (Lipinski definition) is 0. The van der Waals surface area contributed by atoms with E-state index in [0.29, 0.717) is 12.4 Å². The van der Waals surface area contributed by atoms with Gasteiger partial charge in [-0.2, -0.15) is 0 Å². The zero-order valence-corrected chi connectivity index (χ0v) is 20.5. The van der Waals surface area contributed by atoms with E-state index < -0.39 is 0 Å². The van der Waals surface area contributed by atoms with Gasteiger partial charge in [0.1, 0.15) is 11.6 Å². The Labute approximate surface area is 212 Å². The van der Waals surface area contributed by atoms with E-state index in [1.807, 2.05) is 30.3 Å². The van der Waals surface area contributed by atoms with Gasteiger partial charge < -0.3 is 14.4 Å². The van der Waals surface area contributed by atoms with Crippen molar-refractivity contribution in [3.8, 4) is 28.1 Å². The van der Waals surface area contributed by atoms with Crippen LogP contribution in [0.2, 0.25) is 0 Å². The molecule has 0 atom stereocenters. The summed E-state index contributed by atoms with van der Waals surface area (Å²) in [6, 6.07) is 31.1. The number of nitrogens with zero attached hydrogens (tertiary/aromatic N) is 2. The summed E-state index contributed by atoms with van der Waals surface area (Å²) in [5.74, 6) is 1.34. The van der Waals surface area contributed by atoms with Crippen LogP contribution in [0.15, 0.2) is 91.0 Å². The Balaban J connectivity index is 1.46. The lowest BCUT2D eigenvalue weighted by atomic mass is 9.94. The fourth-order valence-corrected chi connectivity index (χ4v) is 4.68. The molecule has 0 N–H and O–H groups in total. The molecule has 5 nitrogen and oxygen atoms in total. The highest BCUT2D eigenvalue weighted by molar-refractivity contribution is 5.83. The minimum atomic E-state index is -0.361. The monoisotopic (exact) mass is 478 g/mol. The van der Waals surface area contributed by atoms with Crippen molar-refractivity contribution in [1.29, 1.82) is 0 Å². The van der Waals surface area contributed by atoms with E-state index in [9.17, 15) is 4.79 Å². The number of carbonyl (C=O) groups is 1. The zero-order chi connectivity index (χ0) is 24.7. The average Bonchev–Trinajstić information content (AvgIpc) is 2.93. The molecule has 36 heavy (non-hydrogen) atoms. The van der Waals surface area contributed by atoms with Gasteiger partial charge in [0.2, 0.25) is 0 Å². The van der Waals surface area contributed by atoms with E-state index in [0.717, 1.165) is 54.1 Å². The Hall–Kier alpha value is -4.12. The zero-order valence-electron chi connectivity index (χ0n) is 20.5. The summed E-state index contributed by atoms with van der Waals surface area (Å²) in [7, 11) is 0. The summed E-state index contributed by atoms with van der Waals surface area (Å²) in [5, 5.41) is 0. The SMILES string of the molecule is CCOC(=O)COc1cccc(CN2CCCc3cc(-c4ccccc4)c(-c4ccccc4)nc32)c1. The van der Waals surface area contributed by atoms with Gasteiger partial charge in [-0.3, -0.25) is 0 Å². The second kappa shape index (κ2) is 11.1. The molecule has 0 bridgehead atoms. The van der Waals surface area contributed by atoms with Crippen LogP contribution in [0.25, 0.3) is 22.4 Å². The molecule has 0 fully saturated rings. The van der Waals surface area contributed by atoms with Gasteiger partial charge in [0, 0.05) is 24.2 Å². The van der Waals surface area contributed by atoms with Crippen molar-refractivity contribution in [2.75, 3.05) is 24.7 Å². The first-order chi connectivity index (χ1) is 17.7. The van der Waals surface area contributed by atoms with Crippen molar-refractivity contribution in [3.05, 3.63) is 102 Å². The minimum absolute atomic E-state index is 0.0892. The maximum Gasteiger partial charge on any atom is 0.344 e. The Kier molecular flexibility index (Phi) is 7.27. The predicted octanol–water partition coefficient (Wildman–Crippen LogP) is 6.31. The molecule has 0 aliphatic carbocycles. The van der Waals surface area contributed by atoms with Gasteiger partial charge in [0.25, 0.3) is 0 Å². The Morgan fingerprint density at radius 2 is 1.67 bits per heavy atom. The van der Waals surface area contributed by atoms with Crippen LogP contribution in [0, 0.1) is 0 Å². The van der Waals surface area contributed by atoms with Crippen molar-refractivity contribution in [3.63, 3.8) is 0 Å². The van der Waals surface area contributed by atoms with Crippen molar-refractivity contribution in [2.24, 2.45) is 0 Å². The third kappa shape index (κ3) is 5.41. The summed E-state index contributed by atoms with van der Waals surface area (Å²) in [6.45, 7) is 3.70.